The van der Waals surface area contributed by atoms with Crippen molar-refractivity contribution in [1.29, 1.82) is 5.26 Å². The van der Waals surface area contributed by atoms with Crippen LogP contribution >= 0.6 is 23.4 Å². The van der Waals surface area contributed by atoms with E-state index in [9.17, 15) is 14.0 Å². The molecule has 0 bridgehead atoms. The first kappa shape index (κ1) is 21.4. The van der Waals surface area contributed by atoms with Gasteiger partial charge in [0, 0.05) is 34.0 Å². The maximum atomic E-state index is 13.6. The molecule has 1 fully saturated rings. The minimum atomic E-state index is -0.628. The van der Waals surface area contributed by atoms with Gasteiger partial charge < -0.3 is 4.90 Å². The van der Waals surface area contributed by atoms with Crippen LogP contribution in [0.2, 0.25) is 5.02 Å². The lowest BCUT2D eigenvalue weighted by Crippen LogP contribution is -2.62. The SMILES string of the molecule is N#CCCN1C(=O)N(c2cncc3ccccc23)C(=O)C2SC(c3ccc(F)cc3Cl)=CC21. The average molecular weight is 479 g/mol. The minimum Gasteiger partial charge on any atom is -0.315 e. The Balaban J connectivity index is 1.58. The van der Waals surface area contributed by atoms with Gasteiger partial charge in [-0.1, -0.05) is 35.9 Å². The fraction of sp³-hybridized carbons (Fsp3) is 0.167. The number of amides is 3. The zero-order valence-electron chi connectivity index (χ0n) is 17.1. The van der Waals surface area contributed by atoms with Gasteiger partial charge in [0.1, 0.15) is 11.1 Å². The number of urea groups is 1. The molecule has 3 aromatic rings. The second-order valence-corrected chi connectivity index (χ2v) is 9.21. The Morgan fingerprint density at radius 3 is 2.79 bits per heavy atom. The van der Waals surface area contributed by atoms with Crippen molar-refractivity contribution in [3.05, 3.63) is 77.3 Å². The molecule has 2 aliphatic rings. The lowest BCUT2D eigenvalue weighted by Gasteiger charge is -2.41. The number of nitrogens with zero attached hydrogens (tertiary/aromatic N) is 4. The van der Waals surface area contributed by atoms with E-state index in [4.69, 9.17) is 16.9 Å². The first-order valence-electron chi connectivity index (χ1n) is 10.2. The van der Waals surface area contributed by atoms with Crippen LogP contribution < -0.4 is 4.90 Å². The molecule has 33 heavy (non-hydrogen) atoms. The molecule has 6 nitrogen and oxygen atoms in total. The topological polar surface area (TPSA) is 77.3 Å². The van der Waals surface area contributed by atoms with Gasteiger partial charge in [-0.15, -0.1) is 11.8 Å². The summed E-state index contributed by atoms with van der Waals surface area (Å²) in [5, 5.41) is 10.3. The zero-order chi connectivity index (χ0) is 23.1. The highest BCUT2D eigenvalue weighted by Crippen LogP contribution is 2.47. The number of hydrogen-bond acceptors (Lipinski definition) is 5. The Labute approximate surface area is 198 Å². The van der Waals surface area contributed by atoms with E-state index in [0.717, 1.165) is 15.7 Å². The van der Waals surface area contributed by atoms with E-state index in [1.807, 2.05) is 24.3 Å². The number of aromatic nitrogens is 1. The molecule has 2 aliphatic heterocycles. The van der Waals surface area contributed by atoms with Crippen molar-refractivity contribution in [3.63, 3.8) is 0 Å². The number of carbonyl (C=O) groups excluding carboxylic acids is 2. The van der Waals surface area contributed by atoms with E-state index < -0.39 is 23.1 Å². The number of hydrogen-bond donors (Lipinski definition) is 0. The fourth-order valence-electron chi connectivity index (χ4n) is 4.17. The van der Waals surface area contributed by atoms with Crippen molar-refractivity contribution >= 4 is 56.7 Å². The third-order valence-corrected chi connectivity index (χ3v) is 7.35. The summed E-state index contributed by atoms with van der Waals surface area (Å²) in [5.74, 6) is -0.827. The highest BCUT2D eigenvalue weighted by atomic mass is 35.5. The molecule has 0 N–H and O–H groups in total. The summed E-state index contributed by atoms with van der Waals surface area (Å²) >= 11 is 7.55. The number of anilines is 1. The molecule has 2 atom stereocenters. The summed E-state index contributed by atoms with van der Waals surface area (Å²) in [4.78, 5) is 34.8. The monoisotopic (exact) mass is 478 g/mol. The van der Waals surface area contributed by atoms with Crippen molar-refractivity contribution in [2.45, 2.75) is 17.7 Å². The molecule has 1 aromatic heterocycles. The molecular formula is C24H16ClFN4O2S. The number of benzene rings is 2. The van der Waals surface area contributed by atoms with E-state index in [0.29, 0.717) is 16.2 Å². The Kier molecular flexibility index (Phi) is 5.52. The van der Waals surface area contributed by atoms with Crippen LogP contribution in [0.15, 0.2) is 60.9 Å². The maximum absolute atomic E-state index is 13.6. The number of thioether (sulfide) groups is 1. The largest absolute Gasteiger partial charge is 0.332 e. The van der Waals surface area contributed by atoms with E-state index in [1.165, 1.54) is 35.0 Å². The first-order chi connectivity index (χ1) is 16.0. The summed E-state index contributed by atoms with van der Waals surface area (Å²) in [6, 6.07) is 12.5. The first-order valence-corrected chi connectivity index (χ1v) is 11.4. The predicted octanol–water partition coefficient (Wildman–Crippen LogP) is 5.23. The van der Waals surface area contributed by atoms with Gasteiger partial charge in [0.05, 0.1) is 35.4 Å². The van der Waals surface area contributed by atoms with Gasteiger partial charge in [-0.05, 0) is 24.3 Å². The van der Waals surface area contributed by atoms with Gasteiger partial charge >= 0.3 is 6.03 Å². The standard InChI is InChI=1S/C24H16ClFN4O2S/c25-18-10-15(26)6-7-17(18)21-11-19-22(33-21)23(31)30(24(32)29(19)9-3-8-27)20-13-28-12-14-4-1-2-5-16(14)20/h1-2,4-7,10-13,19,22H,3,9H2. The molecule has 9 heteroatoms. The second-order valence-electron chi connectivity index (χ2n) is 7.62. The van der Waals surface area contributed by atoms with Gasteiger partial charge in [-0.25, -0.2) is 14.1 Å². The molecule has 1 saturated heterocycles. The van der Waals surface area contributed by atoms with Crippen LogP contribution in [0.1, 0.15) is 12.0 Å². The van der Waals surface area contributed by atoms with Crippen LogP contribution in [-0.4, -0.2) is 39.7 Å². The van der Waals surface area contributed by atoms with Crippen LogP contribution in [0.3, 0.4) is 0 Å². The van der Waals surface area contributed by atoms with Gasteiger partial charge in [-0.2, -0.15) is 5.26 Å². The highest BCUT2D eigenvalue weighted by molar-refractivity contribution is 8.09. The number of pyridine rings is 1. The zero-order valence-corrected chi connectivity index (χ0v) is 18.7. The highest BCUT2D eigenvalue weighted by Gasteiger charge is 2.50. The van der Waals surface area contributed by atoms with Crippen molar-refractivity contribution < 1.29 is 14.0 Å². The lowest BCUT2D eigenvalue weighted by atomic mass is 10.0. The van der Waals surface area contributed by atoms with Gasteiger partial charge in [-0.3, -0.25) is 9.78 Å². The number of nitriles is 1. The third-order valence-electron chi connectivity index (χ3n) is 5.70. The minimum absolute atomic E-state index is 0.121. The second kappa shape index (κ2) is 8.50. The van der Waals surface area contributed by atoms with Gasteiger partial charge in [0.25, 0.3) is 5.91 Å². The summed E-state index contributed by atoms with van der Waals surface area (Å²) in [6.45, 7) is 0.167. The fourth-order valence-corrected chi connectivity index (χ4v) is 5.87. The van der Waals surface area contributed by atoms with Crippen molar-refractivity contribution in [2.75, 3.05) is 11.4 Å². The van der Waals surface area contributed by atoms with Gasteiger partial charge in [0.2, 0.25) is 0 Å². The molecule has 3 heterocycles. The molecule has 0 spiro atoms. The van der Waals surface area contributed by atoms with Crippen molar-refractivity contribution in [2.24, 2.45) is 0 Å². The summed E-state index contributed by atoms with van der Waals surface area (Å²) in [7, 11) is 0. The summed E-state index contributed by atoms with van der Waals surface area (Å²) in [5.41, 5.74) is 0.994. The predicted molar refractivity (Wildman–Crippen MR) is 126 cm³/mol. The molecule has 2 unspecified atom stereocenters. The number of carbonyl (C=O) groups is 2. The lowest BCUT2D eigenvalue weighted by molar-refractivity contribution is -0.119. The maximum Gasteiger partial charge on any atom is 0.332 e. The Bertz CT molecular complexity index is 1370. The Hall–Kier alpha value is -3.41. The molecule has 0 aliphatic carbocycles. The third kappa shape index (κ3) is 3.63. The van der Waals surface area contributed by atoms with E-state index >= 15 is 0 Å². The van der Waals surface area contributed by atoms with E-state index in [1.54, 1.807) is 18.3 Å². The molecule has 0 saturated carbocycles. The normalized spacial score (nSPS) is 20.1. The van der Waals surface area contributed by atoms with Crippen LogP contribution in [0.25, 0.3) is 15.7 Å². The number of halogens is 2. The summed E-state index contributed by atoms with van der Waals surface area (Å²) < 4.78 is 13.6. The molecule has 0 radical (unpaired) electrons. The van der Waals surface area contributed by atoms with Crippen molar-refractivity contribution in [3.8, 4) is 6.07 Å². The molecule has 3 amide bonds. The summed E-state index contributed by atoms with van der Waals surface area (Å²) in [6.07, 6.45) is 5.11. The van der Waals surface area contributed by atoms with E-state index in [-0.39, 0.29) is 23.9 Å². The number of rotatable bonds is 4. The van der Waals surface area contributed by atoms with Crippen molar-refractivity contribution in [1.82, 2.24) is 9.88 Å². The number of imide groups is 1. The molecule has 2 aromatic carbocycles. The van der Waals surface area contributed by atoms with Crippen LogP contribution in [0.4, 0.5) is 14.9 Å². The van der Waals surface area contributed by atoms with Crippen LogP contribution in [0.5, 0.6) is 0 Å². The number of fused-ring (bicyclic) bond motifs is 2. The average Bonchev–Trinajstić information content (AvgIpc) is 3.24. The quantitative estimate of drug-likeness (QED) is 0.512. The Morgan fingerprint density at radius 2 is 2.00 bits per heavy atom. The molecular weight excluding hydrogens is 463 g/mol. The van der Waals surface area contributed by atoms with Crippen LogP contribution in [0, 0.1) is 17.1 Å². The van der Waals surface area contributed by atoms with Gasteiger partial charge in [0.15, 0.2) is 0 Å². The molecule has 5 rings (SSSR count). The van der Waals surface area contributed by atoms with E-state index in [2.05, 4.69) is 11.1 Å². The smallest absolute Gasteiger partial charge is 0.315 e. The molecule has 164 valence electrons. The Morgan fingerprint density at radius 1 is 1.18 bits per heavy atom. The van der Waals surface area contributed by atoms with Crippen LogP contribution in [-0.2, 0) is 4.79 Å².